The van der Waals surface area contributed by atoms with Crippen LogP contribution in [0.25, 0.3) is 71.3 Å². The minimum absolute atomic E-state index is 0.282. The van der Waals surface area contributed by atoms with Gasteiger partial charge in [-0.05, 0) is 113 Å². The fraction of sp³-hybridized carbons (Fsp3) is 0.0980. The van der Waals surface area contributed by atoms with E-state index in [1.165, 1.54) is 76.9 Å². The van der Waals surface area contributed by atoms with E-state index in [1.54, 1.807) is 0 Å². The van der Waals surface area contributed by atoms with E-state index in [-0.39, 0.29) is 11.5 Å². The van der Waals surface area contributed by atoms with Gasteiger partial charge in [-0.25, -0.2) is 0 Å². The molecule has 2 aliphatic carbocycles. The molecule has 0 saturated heterocycles. The first-order valence-corrected chi connectivity index (χ1v) is 19.1. The van der Waals surface area contributed by atoms with Crippen LogP contribution in [0.15, 0.2) is 176 Å². The molecular weight excluding hydrogens is 657 g/mol. The molecule has 2 heterocycles. The second-order valence-electron chi connectivity index (χ2n) is 15.4. The summed E-state index contributed by atoms with van der Waals surface area (Å²) in [6.07, 6.45) is 4.43. The number of rotatable bonds is 4. The van der Waals surface area contributed by atoms with E-state index in [2.05, 4.69) is 186 Å². The smallest absolute Gasteiger partial charge is 0.130 e. The SMILES string of the molecule is CC1(N(c2ccc3c4ccccc4n(-c4ccccc4)c3c2)c2cccc3c2-c2cccc4cc5ccccc5c-3c24)C=C2Oc3ccccc3C2CC1. The van der Waals surface area contributed by atoms with Crippen molar-refractivity contribution in [3.63, 3.8) is 0 Å². The van der Waals surface area contributed by atoms with Crippen molar-refractivity contribution in [1.29, 1.82) is 0 Å². The summed E-state index contributed by atoms with van der Waals surface area (Å²) < 4.78 is 9.11. The summed E-state index contributed by atoms with van der Waals surface area (Å²) in [7, 11) is 0. The maximum Gasteiger partial charge on any atom is 0.130 e. The van der Waals surface area contributed by atoms with Crippen LogP contribution in [0.1, 0.15) is 31.2 Å². The van der Waals surface area contributed by atoms with Crippen molar-refractivity contribution in [2.24, 2.45) is 0 Å². The standard InChI is InChI=1S/C51H36N2O/c1-51(28-27-40-39-19-8-10-24-46(39)54-47(40)31-51)53(35-25-26-38-37-18-7-9-22-43(37)52(45(38)30-35)34-15-3-2-4-16-34)44-23-12-21-42-49(44)41-20-11-14-33-29-32-13-5-6-17-36(32)50(42)48(33)41/h2-26,29-31,40H,27-28H2,1H3. The Hall–Kier alpha value is -6.58. The molecule has 256 valence electrons. The Balaban J connectivity index is 1.14. The first-order valence-electron chi connectivity index (χ1n) is 19.1. The van der Waals surface area contributed by atoms with Gasteiger partial charge in [-0.2, -0.15) is 0 Å². The normalized spacial score (nSPS) is 18.1. The number of ether oxygens (including phenoxy) is 1. The van der Waals surface area contributed by atoms with Crippen molar-refractivity contribution in [3.8, 4) is 33.7 Å². The molecule has 1 aromatic heterocycles. The average molecular weight is 693 g/mol. The fourth-order valence-electron chi connectivity index (χ4n) is 10.1. The molecule has 1 aliphatic heterocycles. The number of aromatic nitrogens is 1. The number of hydrogen-bond donors (Lipinski definition) is 0. The van der Waals surface area contributed by atoms with Gasteiger partial charge in [0.15, 0.2) is 0 Å². The van der Waals surface area contributed by atoms with Crippen LogP contribution in [0, 0.1) is 0 Å². The molecule has 2 unspecified atom stereocenters. The molecule has 0 bridgehead atoms. The van der Waals surface area contributed by atoms with Crippen LogP contribution in [0.2, 0.25) is 0 Å². The van der Waals surface area contributed by atoms with Gasteiger partial charge >= 0.3 is 0 Å². The maximum atomic E-state index is 6.68. The summed E-state index contributed by atoms with van der Waals surface area (Å²) >= 11 is 0. The van der Waals surface area contributed by atoms with Crippen molar-refractivity contribution < 1.29 is 4.74 Å². The number of fused-ring (bicyclic) bond motifs is 11. The van der Waals surface area contributed by atoms with Gasteiger partial charge in [0, 0.05) is 39.2 Å². The van der Waals surface area contributed by atoms with Crippen LogP contribution in [-0.2, 0) is 0 Å². The van der Waals surface area contributed by atoms with Gasteiger partial charge in [0.05, 0.1) is 22.3 Å². The van der Waals surface area contributed by atoms with Gasteiger partial charge in [0.1, 0.15) is 11.5 Å². The molecule has 0 amide bonds. The molecule has 3 heteroatoms. The Labute approximate surface area is 314 Å². The zero-order chi connectivity index (χ0) is 35.5. The second kappa shape index (κ2) is 11.0. The van der Waals surface area contributed by atoms with Crippen molar-refractivity contribution in [2.75, 3.05) is 4.90 Å². The van der Waals surface area contributed by atoms with Crippen LogP contribution >= 0.6 is 0 Å². The number of allylic oxidation sites excluding steroid dienone is 1. The monoisotopic (exact) mass is 692 g/mol. The van der Waals surface area contributed by atoms with E-state index < -0.39 is 0 Å². The molecule has 0 N–H and O–H groups in total. The van der Waals surface area contributed by atoms with Crippen molar-refractivity contribution in [1.82, 2.24) is 4.57 Å². The van der Waals surface area contributed by atoms with E-state index >= 15 is 0 Å². The molecule has 12 rings (SSSR count). The van der Waals surface area contributed by atoms with Crippen LogP contribution in [-0.4, -0.2) is 10.1 Å². The molecule has 2 atom stereocenters. The van der Waals surface area contributed by atoms with Gasteiger partial charge in [-0.3, -0.25) is 0 Å². The largest absolute Gasteiger partial charge is 0.461 e. The Bertz CT molecular complexity index is 3060. The lowest BCUT2D eigenvalue weighted by molar-refractivity contribution is 0.361. The van der Waals surface area contributed by atoms with E-state index in [1.807, 2.05) is 0 Å². The number of para-hydroxylation sites is 3. The molecular formula is C51H36N2O. The minimum Gasteiger partial charge on any atom is -0.461 e. The summed E-state index contributed by atoms with van der Waals surface area (Å²) in [5, 5.41) is 7.73. The Morgan fingerprint density at radius 2 is 1.35 bits per heavy atom. The van der Waals surface area contributed by atoms with Crippen molar-refractivity contribution in [3.05, 3.63) is 181 Å². The molecule has 0 fully saturated rings. The third-order valence-electron chi connectivity index (χ3n) is 12.4. The van der Waals surface area contributed by atoms with Gasteiger partial charge in [0.2, 0.25) is 0 Å². The molecule has 9 aromatic rings. The lowest BCUT2D eigenvalue weighted by Crippen LogP contribution is -2.44. The Morgan fingerprint density at radius 1 is 0.611 bits per heavy atom. The lowest BCUT2D eigenvalue weighted by atomic mass is 9.78. The maximum absolute atomic E-state index is 6.68. The van der Waals surface area contributed by atoms with Crippen molar-refractivity contribution >= 4 is 54.7 Å². The van der Waals surface area contributed by atoms with Crippen LogP contribution in [0.5, 0.6) is 5.75 Å². The molecule has 0 radical (unpaired) electrons. The third kappa shape index (κ3) is 4.07. The Morgan fingerprint density at radius 3 is 2.28 bits per heavy atom. The van der Waals surface area contributed by atoms with Gasteiger partial charge in [-0.1, -0.05) is 115 Å². The molecule has 54 heavy (non-hydrogen) atoms. The van der Waals surface area contributed by atoms with Crippen LogP contribution in [0.4, 0.5) is 11.4 Å². The van der Waals surface area contributed by atoms with Crippen LogP contribution in [0.3, 0.4) is 0 Å². The first kappa shape index (κ1) is 29.9. The van der Waals surface area contributed by atoms with E-state index in [4.69, 9.17) is 4.74 Å². The molecule has 3 nitrogen and oxygen atoms in total. The number of hydrogen-bond acceptors (Lipinski definition) is 2. The summed E-state index contributed by atoms with van der Waals surface area (Å²) in [4.78, 5) is 2.64. The topological polar surface area (TPSA) is 17.4 Å². The zero-order valence-corrected chi connectivity index (χ0v) is 30.0. The quantitative estimate of drug-likeness (QED) is 0.171. The average Bonchev–Trinajstić information content (AvgIpc) is 3.87. The Kier molecular flexibility index (Phi) is 6.08. The van der Waals surface area contributed by atoms with E-state index in [0.29, 0.717) is 0 Å². The second-order valence-corrected chi connectivity index (χ2v) is 15.4. The van der Waals surface area contributed by atoms with E-state index in [9.17, 15) is 0 Å². The summed E-state index contributed by atoms with van der Waals surface area (Å²) in [5.41, 5.74) is 12.1. The summed E-state index contributed by atoms with van der Waals surface area (Å²) in [5.74, 6) is 2.34. The van der Waals surface area contributed by atoms with Gasteiger partial charge < -0.3 is 14.2 Å². The molecule has 0 spiro atoms. The molecule has 0 saturated carbocycles. The highest BCUT2D eigenvalue weighted by molar-refractivity contribution is 6.25. The minimum atomic E-state index is -0.384. The third-order valence-corrected chi connectivity index (χ3v) is 12.4. The van der Waals surface area contributed by atoms with E-state index in [0.717, 1.165) is 35.7 Å². The number of benzene rings is 8. The predicted molar refractivity (Wildman–Crippen MR) is 224 cm³/mol. The van der Waals surface area contributed by atoms with Gasteiger partial charge in [0.25, 0.3) is 0 Å². The molecule has 8 aromatic carbocycles. The highest BCUT2D eigenvalue weighted by Crippen LogP contribution is 2.57. The lowest BCUT2D eigenvalue weighted by Gasteiger charge is -2.45. The molecule has 3 aliphatic rings. The number of anilines is 2. The summed E-state index contributed by atoms with van der Waals surface area (Å²) in [6, 6.07) is 60.3. The highest BCUT2D eigenvalue weighted by atomic mass is 16.5. The zero-order valence-electron chi connectivity index (χ0n) is 30.0. The van der Waals surface area contributed by atoms with Crippen LogP contribution < -0.4 is 9.64 Å². The fourth-order valence-corrected chi connectivity index (χ4v) is 10.1. The number of nitrogens with zero attached hydrogens (tertiary/aromatic N) is 2. The summed E-state index contributed by atoms with van der Waals surface area (Å²) in [6.45, 7) is 2.41. The predicted octanol–water partition coefficient (Wildman–Crippen LogP) is 13.5. The van der Waals surface area contributed by atoms with Crippen molar-refractivity contribution in [2.45, 2.75) is 31.2 Å². The van der Waals surface area contributed by atoms with Gasteiger partial charge in [-0.15, -0.1) is 0 Å². The highest BCUT2D eigenvalue weighted by Gasteiger charge is 2.43. The first-order chi connectivity index (χ1) is 26.6.